The molecule has 0 aromatic carbocycles. The Hall–Kier alpha value is -1.50. The van der Waals surface area contributed by atoms with Crippen LogP contribution in [-0.4, -0.2) is 78.6 Å². The second-order valence-corrected chi connectivity index (χ2v) is 14.3. The van der Waals surface area contributed by atoms with E-state index in [-0.39, 0.29) is 43.1 Å². The Bertz CT molecular complexity index is 1260. The van der Waals surface area contributed by atoms with Crippen molar-refractivity contribution < 1.29 is 77.4 Å². The summed E-state index contributed by atoms with van der Waals surface area (Å²) >= 11 is 0. The maximum atomic E-state index is 15.5. The van der Waals surface area contributed by atoms with Crippen LogP contribution in [0.25, 0.3) is 0 Å². The molecule has 2 saturated carbocycles. The predicted molar refractivity (Wildman–Crippen MR) is 159 cm³/mol. The molecule has 0 radical (unpaired) electrons. The number of hydrogen-bond donors (Lipinski definition) is 1. The number of ether oxygens (including phenoxy) is 6. The molecular weight excluding hydrogens is 710 g/mol. The van der Waals surface area contributed by atoms with E-state index < -0.39 is 78.7 Å². The van der Waals surface area contributed by atoms with Crippen LogP contribution in [0.15, 0.2) is 24.3 Å². The minimum atomic E-state index is -5.61. The van der Waals surface area contributed by atoms with E-state index in [0.717, 1.165) is 6.92 Å². The molecule has 13 atom stereocenters. The Morgan fingerprint density at radius 3 is 1.55 bits per heavy atom. The number of hydrogen-bond acceptors (Lipinski definition) is 7. The summed E-state index contributed by atoms with van der Waals surface area (Å²) in [5.41, 5.74) is 0. The van der Waals surface area contributed by atoms with Crippen molar-refractivity contribution in [3.63, 3.8) is 0 Å². The highest BCUT2D eigenvalue weighted by molar-refractivity contribution is 5.16. The maximum absolute atomic E-state index is 15.5. The van der Waals surface area contributed by atoms with Crippen molar-refractivity contribution in [3.8, 4) is 0 Å². The summed E-state index contributed by atoms with van der Waals surface area (Å²) in [4.78, 5) is 0. The Morgan fingerprint density at radius 2 is 1.18 bits per heavy atom. The molecule has 4 bridgehead atoms. The lowest BCUT2D eigenvalue weighted by atomic mass is 9.82. The van der Waals surface area contributed by atoms with Crippen LogP contribution < -0.4 is 0 Å². The molecule has 0 spiro atoms. The first-order valence-corrected chi connectivity index (χ1v) is 17.6. The molecule has 13 unspecified atom stereocenters. The molecule has 2 heterocycles. The smallest absolute Gasteiger partial charge is 0.354 e. The topological polar surface area (TPSA) is 75.6 Å². The van der Waals surface area contributed by atoms with Crippen LogP contribution in [0.2, 0.25) is 0 Å². The summed E-state index contributed by atoms with van der Waals surface area (Å²) in [5.74, 6) is -19.4. The lowest BCUT2D eigenvalue weighted by Gasteiger charge is -2.52. The molecule has 4 fully saturated rings. The zero-order chi connectivity index (χ0) is 37.8. The van der Waals surface area contributed by atoms with Crippen LogP contribution in [-0.2, 0) is 28.4 Å². The van der Waals surface area contributed by atoms with Gasteiger partial charge >= 0.3 is 35.8 Å². The van der Waals surface area contributed by atoms with Crippen molar-refractivity contribution in [1.29, 1.82) is 0 Å². The van der Waals surface area contributed by atoms with Crippen molar-refractivity contribution in [1.82, 2.24) is 0 Å². The molecule has 0 aromatic rings. The summed E-state index contributed by atoms with van der Waals surface area (Å²) in [5, 5.41) is 9.74. The van der Waals surface area contributed by atoms with Gasteiger partial charge in [-0.3, -0.25) is 0 Å². The largest absolute Gasteiger partial charge is 0.450 e. The molecule has 0 amide bonds. The Kier molecular flexibility index (Phi) is 11.7. The van der Waals surface area contributed by atoms with Crippen molar-refractivity contribution in [2.75, 3.05) is 6.61 Å². The first kappa shape index (κ1) is 40.7. The zero-order valence-corrected chi connectivity index (χ0v) is 28.7. The molecule has 1 N–H and O–H groups in total. The molecule has 51 heavy (non-hydrogen) atoms. The number of alkyl halides is 10. The van der Waals surface area contributed by atoms with E-state index in [1.165, 1.54) is 6.92 Å². The van der Waals surface area contributed by atoms with Crippen LogP contribution in [0.5, 0.6) is 0 Å². The average Bonchev–Trinajstić information content (AvgIpc) is 3.83. The minimum Gasteiger partial charge on any atom is -0.354 e. The van der Waals surface area contributed by atoms with Gasteiger partial charge in [-0.2, -0.15) is 43.9 Å². The van der Waals surface area contributed by atoms with Gasteiger partial charge in [0.25, 0.3) is 0 Å². The zero-order valence-electron chi connectivity index (χ0n) is 28.7. The highest BCUT2D eigenvalue weighted by atomic mass is 19.4. The predicted octanol–water partition coefficient (Wildman–Crippen LogP) is 8.66. The van der Waals surface area contributed by atoms with Gasteiger partial charge in [-0.25, -0.2) is 0 Å². The number of aliphatic hydroxyl groups is 1. The highest BCUT2D eigenvalue weighted by Crippen LogP contribution is 2.59. The first-order valence-electron chi connectivity index (χ1n) is 17.6. The normalized spacial score (nSPS) is 43.0. The van der Waals surface area contributed by atoms with Crippen molar-refractivity contribution in [2.24, 2.45) is 35.5 Å². The minimum absolute atomic E-state index is 0.00161. The van der Waals surface area contributed by atoms with Crippen molar-refractivity contribution in [2.45, 2.75) is 146 Å². The van der Waals surface area contributed by atoms with Gasteiger partial charge in [0.15, 0.2) is 18.9 Å². The van der Waals surface area contributed by atoms with Crippen LogP contribution in [0.3, 0.4) is 0 Å². The Morgan fingerprint density at radius 1 is 0.706 bits per heavy atom. The second-order valence-electron chi connectivity index (χ2n) is 14.3. The van der Waals surface area contributed by atoms with Gasteiger partial charge in [0, 0.05) is 6.61 Å². The molecule has 2 aliphatic heterocycles. The molecule has 6 aliphatic rings. The standard InChI is InChI=1S/C19H27F5O4.C15H19F5O3/c1-4-6-15-26-16(14-10-12-7-8-13(14)9-12)17(20,21)18(28-15,19(22,23)24)27-11(3)25-5-2;1-2-3-11-22-12(10-7-8-4-5-9(10)6-8)13(16,17)14(21,23-11)15(18,19)20/h7-8,11-16H,4-6,9-10H2,1-3H3;4-5,8-12,21H,2-3,6-7H2,1H3. The summed E-state index contributed by atoms with van der Waals surface area (Å²) in [6.45, 7) is 6.08. The van der Waals surface area contributed by atoms with E-state index in [1.54, 1.807) is 19.9 Å². The van der Waals surface area contributed by atoms with Crippen LogP contribution in [0.1, 0.15) is 79.1 Å². The summed E-state index contributed by atoms with van der Waals surface area (Å²) in [6, 6.07) is 0. The molecular formula is C34H46F10O7. The fourth-order valence-electron chi connectivity index (χ4n) is 8.46. The third-order valence-electron chi connectivity index (χ3n) is 10.8. The molecule has 0 aromatic heterocycles. The van der Waals surface area contributed by atoms with Crippen molar-refractivity contribution in [3.05, 3.63) is 24.3 Å². The SMILES string of the molecule is CCCC1OC(C2CC3C=CC2C3)C(F)(F)C(O)(C(F)(F)F)O1.CCCC1OC(C2CC3C=CC2C3)C(F)(F)C(OC(C)OCC)(C(F)(F)F)O1. The average molecular weight is 757 g/mol. The first-order chi connectivity index (χ1) is 23.7. The quantitative estimate of drug-likeness (QED) is 0.136. The van der Waals surface area contributed by atoms with Gasteiger partial charge < -0.3 is 33.5 Å². The lowest BCUT2D eigenvalue weighted by molar-refractivity contribution is -0.530. The van der Waals surface area contributed by atoms with E-state index in [9.17, 15) is 40.2 Å². The fourth-order valence-corrected chi connectivity index (χ4v) is 8.46. The van der Waals surface area contributed by atoms with Crippen LogP contribution in [0, 0.1) is 35.5 Å². The third kappa shape index (κ3) is 7.22. The van der Waals surface area contributed by atoms with Gasteiger partial charge in [-0.1, -0.05) is 51.0 Å². The van der Waals surface area contributed by atoms with Crippen LogP contribution >= 0.6 is 0 Å². The molecule has 294 valence electrons. The van der Waals surface area contributed by atoms with Gasteiger partial charge in [0.2, 0.25) is 0 Å². The van der Waals surface area contributed by atoms with E-state index >= 15 is 8.78 Å². The second kappa shape index (κ2) is 14.6. The molecule has 6 rings (SSSR count). The highest BCUT2D eigenvalue weighted by Gasteiger charge is 2.81. The summed E-state index contributed by atoms with van der Waals surface area (Å²) in [7, 11) is 0. The van der Waals surface area contributed by atoms with Crippen molar-refractivity contribution >= 4 is 0 Å². The maximum Gasteiger partial charge on any atom is 0.450 e. The summed E-state index contributed by atoms with van der Waals surface area (Å²) < 4.78 is 172. The number of rotatable bonds is 10. The van der Waals surface area contributed by atoms with Gasteiger partial charge in [-0.05, 0) is 87.9 Å². The molecule has 7 nitrogen and oxygen atoms in total. The Balaban J connectivity index is 0.000000201. The lowest BCUT2D eigenvalue weighted by Crippen LogP contribution is -2.73. The molecule has 17 heteroatoms. The van der Waals surface area contributed by atoms with E-state index in [0.29, 0.717) is 38.5 Å². The number of halogens is 10. The van der Waals surface area contributed by atoms with Crippen LogP contribution in [0.4, 0.5) is 43.9 Å². The third-order valence-corrected chi connectivity index (χ3v) is 10.8. The van der Waals surface area contributed by atoms with Gasteiger partial charge in [0.1, 0.15) is 12.2 Å². The molecule has 2 saturated heterocycles. The molecule has 4 aliphatic carbocycles. The van der Waals surface area contributed by atoms with E-state index in [1.807, 2.05) is 18.2 Å². The fraction of sp³-hybridized carbons (Fsp3) is 0.882. The summed E-state index contributed by atoms with van der Waals surface area (Å²) in [6.07, 6.45) is -9.26. The monoisotopic (exact) mass is 756 g/mol. The van der Waals surface area contributed by atoms with Gasteiger partial charge in [-0.15, -0.1) is 0 Å². The van der Waals surface area contributed by atoms with Gasteiger partial charge in [0.05, 0.1) is 0 Å². The number of fused-ring (bicyclic) bond motifs is 4. The van der Waals surface area contributed by atoms with E-state index in [2.05, 4.69) is 4.74 Å². The number of allylic oxidation sites excluding steroid dienone is 4. The Labute approximate surface area is 290 Å². The van der Waals surface area contributed by atoms with E-state index in [4.69, 9.17) is 23.7 Å².